The number of oxazole rings is 1. The molecule has 1 amide bonds. The molecular weight excluding hydrogens is 378 g/mol. The molecular formula is C16H12BrN3O4. The van der Waals surface area contributed by atoms with Crippen molar-refractivity contribution in [2.75, 3.05) is 13.2 Å². The van der Waals surface area contributed by atoms with E-state index in [9.17, 15) is 4.79 Å². The first-order valence-electron chi connectivity index (χ1n) is 7.28. The second kappa shape index (κ2) is 6.12. The minimum Gasteiger partial charge on any atom is -0.490 e. The Morgan fingerprint density at radius 2 is 2.21 bits per heavy atom. The van der Waals surface area contributed by atoms with Crippen molar-refractivity contribution in [3.63, 3.8) is 0 Å². The number of carbonyl (C=O) groups excluding carboxylic acids is 1. The van der Waals surface area contributed by atoms with Crippen molar-refractivity contribution in [3.05, 3.63) is 52.7 Å². The van der Waals surface area contributed by atoms with Crippen LogP contribution in [0.1, 0.15) is 16.1 Å². The first-order chi connectivity index (χ1) is 11.7. The highest BCUT2D eigenvalue weighted by Gasteiger charge is 2.27. The predicted molar refractivity (Wildman–Crippen MR) is 86.4 cm³/mol. The zero-order valence-corrected chi connectivity index (χ0v) is 14.0. The van der Waals surface area contributed by atoms with E-state index >= 15 is 0 Å². The molecule has 0 radical (unpaired) electrons. The summed E-state index contributed by atoms with van der Waals surface area (Å²) in [6.07, 6.45) is 2.65. The lowest BCUT2D eigenvalue weighted by Gasteiger charge is -2.18. The maximum atomic E-state index is 12.9. The third kappa shape index (κ3) is 2.58. The minimum absolute atomic E-state index is 0.211. The summed E-state index contributed by atoms with van der Waals surface area (Å²) in [7, 11) is 0. The number of hydrogen-bond acceptors (Lipinski definition) is 6. The highest BCUT2D eigenvalue weighted by molar-refractivity contribution is 9.10. The van der Waals surface area contributed by atoms with Crippen LogP contribution in [0.25, 0.3) is 11.5 Å². The molecule has 1 aliphatic heterocycles. The van der Waals surface area contributed by atoms with Gasteiger partial charge in [-0.05, 0) is 22.0 Å². The number of halogens is 1. The molecule has 7 nitrogen and oxygen atoms in total. The van der Waals surface area contributed by atoms with E-state index in [-0.39, 0.29) is 11.6 Å². The molecule has 1 aliphatic rings. The van der Waals surface area contributed by atoms with Crippen LogP contribution in [-0.4, -0.2) is 34.1 Å². The van der Waals surface area contributed by atoms with Gasteiger partial charge < -0.3 is 18.6 Å². The molecule has 1 aromatic carbocycles. The summed E-state index contributed by atoms with van der Waals surface area (Å²) in [6.45, 7) is 1.28. The van der Waals surface area contributed by atoms with E-state index in [1.54, 1.807) is 11.0 Å². The Labute approximate surface area is 145 Å². The quantitative estimate of drug-likeness (QED) is 0.669. The molecule has 8 heteroatoms. The van der Waals surface area contributed by atoms with Crippen LogP contribution >= 0.6 is 15.9 Å². The van der Waals surface area contributed by atoms with Gasteiger partial charge in [0, 0.05) is 18.2 Å². The van der Waals surface area contributed by atoms with E-state index < -0.39 is 0 Å². The Balaban J connectivity index is 1.65. The molecule has 2 aromatic heterocycles. The summed E-state index contributed by atoms with van der Waals surface area (Å²) in [5.74, 6) is 0.830. The Morgan fingerprint density at radius 3 is 3.04 bits per heavy atom. The molecule has 0 fully saturated rings. The zero-order valence-electron chi connectivity index (χ0n) is 12.4. The van der Waals surface area contributed by atoms with Crippen LogP contribution in [0.4, 0.5) is 0 Å². The van der Waals surface area contributed by atoms with Gasteiger partial charge in [-0.3, -0.25) is 4.79 Å². The molecule has 0 saturated heterocycles. The van der Waals surface area contributed by atoms with Gasteiger partial charge in [0.1, 0.15) is 18.6 Å². The maximum absolute atomic E-state index is 12.9. The van der Waals surface area contributed by atoms with E-state index in [2.05, 4.69) is 26.1 Å². The van der Waals surface area contributed by atoms with Crippen LogP contribution in [0.15, 0.2) is 50.3 Å². The molecule has 0 N–H and O–H groups in total. The van der Waals surface area contributed by atoms with Crippen LogP contribution in [0.3, 0.4) is 0 Å². The first-order valence-corrected chi connectivity index (χ1v) is 8.07. The molecule has 122 valence electrons. The SMILES string of the molecule is O=C(c1ncoc1-c1ccon1)N1CCOc2c(Br)cccc2C1. The van der Waals surface area contributed by atoms with Crippen molar-refractivity contribution in [2.45, 2.75) is 6.54 Å². The normalized spacial score (nSPS) is 14.0. The number of ether oxygens (including phenoxy) is 1. The summed E-state index contributed by atoms with van der Waals surface area (Å²) < 4.78 is 16.8. The van der Waals surface area contributed by atoms with Gasteiger partial charge in [-0.1, -0.05) is 17.3 Å². The average Bonchev–Trinajstić information content (AvgIpc) is 3.22. The Morgan fingerprint density at radius 1 is 1.29 bits per heavy atom. The minimum atomic E-state index is -0.238. The average molecular weight is 390 g/mol. The van der Waals surface area contributed by atoms with Crippen LogP contribution in [0.2, 0.25) is 0 Å². The molecule has 0 aliphatic carbocycles. The molecule has 0 spiro atoms. The Bertz CT molecular complexity index is 875. The Hall–Kier alpha value is -2.61. The Kier molecular flexibility index (Phi) is 3.81. The molecule has 0 unspecified atom stereocenters. The molecule has 3 heterocycles. The van der Waals surface area contributed by atoms with Gasteiger partial charge in [-0.2, -0.15) is 0 Å². The van der Waals surface area contributed by atoms with Crippen molar-refractivity contribution < 1.29 is 18.5 Å². The summed E-state index contributed by atoms with van der Waals surface area (Å²) >= 11 is 3.48. The zero-order chi connectivity index (χ0) is 16.5. The third-order valence-corrected chi connectivity index (χ3v) is 4.37. The highest BCUT2D eigenvalue weighted by atomic mass is 79.9. The van der Waals surface area contributed by atoms with Crippen LogP contribution in [-0.2, 0) is 6.54 Å². The number of carbonyl (C=O) groups is 1. The largest absolute Gasteiger partial charge is 0.490 e. The van der Waals surface area contributed by atoms with Gasteiger partial charge in [0.05, 0.1) is 11.0 Å². The lowest BCUT2D eigenvalue weighted by molar-refractivity contribution is 0.0728. The standard InChI is InChI=1S/C16H12BrN3O4/c17-11-3-1-2-10-8-20(5-7-22-14(10)11)16(21)13-15(23-9-18-13)12-4-6-24-19-12/h1-4,6,9H,5,7-8H2. The van der Waals surface area contributed by atoms with Crippen LogP contribution < -0.4 is 4.74 Å². The van der Waals surface area contributed by atoms with Gasteiger partial charge in [0.2, 0.25) is 0 Å². The van der Waals surface area contributed by atoms with Crippen molar-refractivity contribution in [1.82, 2.24) is 15.0 Å². The van der Waals surface area contributed by atoms with Crippen LogP contribution in [0.5, 0.6) is 5.75 Å². The number of amides is 1. The van der Waals surface area contributed by atoms with Gasteiger partial charge in [-0.15, -0.1) is 0 Å². The number of benzene rings is 1. The van der Waals surface area contributed by atoms with Gasteiger partial charge in [0.15, 0.2) is 23.5 Å². The van der Waals surface area contributed by atoms with Crippen molar-refractivity contribution in [3.8, 4) is 17.2 Å². The van der Waals surface area contributed by atoms with E-state index in [0.29, 0.717) is 31.2 Å². The number of aromatic nitrogens is 2. The smallest absolute Gasteiger partial charge is 0.276 e. The second-order valence-corrected chi connectivity index (χ2v) is 6.07. The molecule has 0 atom stereocenters. The lowest BCUT2D eigenvalue weighted by Crippen LogP contribution is -2.33. The predicted octanol–water partition coefficient (Wildman–Crippen LogP) is 3.13. The second-order valence-electron chi connectivity index (χ2n) is 5.22. The summed E-state index contributed by atoms with van der Waals surface area (Å²) in [6, 6.07) is 7.38. The maximum Gasteiger partial charge on any atom is 0.276 e. The first kappa shape index (κ1) is 14.9. The molecule has 3 aromatic rings. The number of hydrogen-bond donors (Lipinski definition) is 0. The summed E-state index contributed by atoms with van der Waals surface area (Å²) in [5, 5.41) is 3.80. The van der Waals surface area contributed by atoms with Gasteiger partial charge in [-0.25, -0.2) is 4.98 Å². The topological polar surface area (TPSA) is 81.6 Å². The number of para-hydroxylation sites is 1. The fourth-order valence-electron chi connectivity index (χ4n) is 2.62. The molecule has 0 bridgehead atoms. The van der Waals surface area contributed by atoms with E-state index in [1.165, 1.54) is 12.7 Å². The molecule has 24 heavy (non-hydrogen) atoms. The summed E-state index contributed by atoms with van der Waals surface area (Å²) in [5.41, 5.74) is 1.58. The molecule has 0 saturated carbocycles. The number of rotatable bonds is 2. The van der Waals surface area contributed by atoms with Gasteiger partial charge >= 0.3 is 0 Å². The van der Waals surface area contributed by atoms with E-state index in [4.69, 9.17) is 13.7 Å². The van der Waals surface area contributed by atoms with Crippen molar-refractivity contribution in [1.29, 1.82) is 0 Å². The highest BCUT2D eigenvalue weighted by Crippen LogP contribution is 2.32. The summed E-state index contributed by atoms with van der Waals surface area (Å²) in [4.78, 5) is 18.6. The van der Waals surface area contributed by atoms with Crippen molar-refractivity contribution >= 4 is 21.8 Å². The van der Waals surface area contributed by atoms with Crippen LogP contribution in [0, 0.1) is 0 Å². The monoisotopic (exact) mass is 389 g/mol. The fourth-order valence-corrected chi connectivity index (χ4v) is 3.14. The number of fused-ring (bicyclic) bond motifs is 1. The van der Waals surface area contributed by atoms with E-state index in [1.807, 2.05) is 18.2 Å². The lowest BCUT2D eigenvalue weighted by atomic mass is 10.1. The molecule has 4 rings (SSSR count). The number of nitrogens with zero attached hydrogens (tertiary/aromatic N) is 3. The third-order valence-electron chi connectivity index (χ3n) is 3.75. The fraction of sp³-hybridized carbons (Fsp3) is 0.188. The van der Waals surface area contributed by atoms with Gasteiger partial charge in [0.25, 0.3) is 5.91 Å². The van der Waals surface area contributed by atoms with E-state index in [0.717, 1.165) is 15.8 Å². The van der Waals surface area contributed by atoms with Crippen molar-refractivity contribution in [2.24, 2.45) is 0 Å².